The Kier molecular flexibility index (Phi) is 8.07. The van der Waals surface area contributed by atoms with E-state index in [1.807, 2.05) is 62.4 Å². The van der Waals surface area contributed by atoms with Crippen molar-refractivity contribution in [2.75, 3.05) is 25.1 Å². The van der Waals surface area contributed by atoms with Crippen LogP contribution in [0.15, 0.2) is 77.7 Å². The van der Waals surface area contributed by atoms with Gasteiger partial charge in [0, 0.05) is 5.69 Å². The molecule has 1 N–H and O–H groups in total. The molecule has 0 unspecified atom stereocenters. The summed E-state index contributed by atoms with van der Waals surface area (Å²) in [4.78, 5) is 38.7. The lowest BCUT2D eigenvalue weighted by Crippen LogP contribution is -2.32. The van der Waals surface area contributed by atoms with Crippen molar-refractivity contribution in [3.05, 3.63) is 94.4 Å². The predicted molar refractivity (Wildman–Crippen MR) is 141 cm³/mol. The number of hydrogen-bond acceptors (Lipinski definition) is 6. The molecule has 4 rings (SSSR count). The first kappa shape index (κ1) is 25.1. The van der Waals surface area contributed by atoms with E-state index in [0.29, 0.717) is 16.4 Å². The van der Waals surface area contributed by atoms with E-state index < -0.39 is 0 Å². The Morgan fingerprint density at radius 2 is 1.61 bits per heavy atom. The number of carbonyl (C=O) groups excluding carboxylic acids is 3. The number of amides is 3. The highest BCUT2D eigenvalue weighted by Gasteiger charge is 2.34. The number of ether oxygens (including phenoxy) is 2. The molecule has 0 radical (unpaired) electrons. The minimum absolute atomic E-state index is 0.128. The van der Waals surface area contributed by atoms with Crippen molar-refractivity contribution in [1.29, 1.82) is 0 Å². The standard InChI is InChI=1S/C28H26N2O5S/c1-19-6-10-23(11-7-19)34-15-14-30-27(32)25(36-28(30)33)17-21-8-12-24(13-9-21)35-18-26(31)29-22-5-3-4-20(2)16-22/h3-13,16-17H,14-15,18H2,1-2H3,(H,29,31)/b25-17-. The first-order chi connectivity index (χ1) is 17.4. The Morgan fingerprint density at radius 1 is 0.917 bits per heavy atom. The van der Waals surface area contributed by atoms with Crippen LogP contribution < -0.4 is 14.8 Å². The molecule has 3 aromatic rings. The van der Waals surface area contributed by atoms with Crippen molar-refractivity contribution in [2.45, 2.75) is 13.8 Å². The van der Waals surface area contributed by atoms with E-state index >= 15 is 0 Å². The van der Waals surface area contributed by atoms with Gasteiger partial charge in [-0.15, -0.1) is 0 Å². The number of benzene rings is 3. The molecule has 0 bridgehead atoms. The van der Waals surface area contributed by atoms with Crippen LogP contribution in [-0.2, 0) is 9.59 Å². The maximum absolute atomic E-state index is 12.7. The van der Waals surface area contributed by atoms with Crippen LogP contribution >= 0.6 is 11.8 Å². The largest absolute Gasteiger partial charge is 0.492 e. The summed E-state index contributed by atoms with van der Waals surface area (Å²) in [6.45, 7) is 4.21. The highest BCUT2D eigenvalue weighted by Crippen LogP contribution is 2.32. The van der Waals surface area contributed by atoms with Gasteiger partial charge in [-0.2, -0.15) is 0 Å². The molecule has 0 aromatic heterocycles. The van der Waals surface area contributed by atoms with Crippen LogP contribution in [0.3, 0.4) is 0 Å². The molecule has 7 nitrogen and oxygen atoms in total. The summed E-state index contributed by atoms with van der Waals surface area (Å²) in [5.74, 6) is 0.612. The normalized spacial score (nSPS) is 14.3. The molecular formula is C28H26N2O5S. The monoisotopic (exact) mass is 502 g/mol. The Bertz CT molecular complexity index is 1290. The second kappa shape index (κ2) is 11.6. The number of nitrogens with zero attached hydrogens (tertiary/aromatic N) is 1. The molecule has 8 heteroatoms. The first-order valence-electron chi connectivity index (χ1n) is 11.4. The molecule has 1 aliphatic rings. The maximum Gasteiger partial charge on any atom is 0.293 e. The molecule has 0 aliphatic carbocycles. The van der Waals surface area contributed by atoms with E-state index in [4.69, 9.17) is 9.47 Å². The van der Waals surface area contributed by atoms with Gasteiger partial charge in [-0.1, -0.05) is 42.0 Å². The molecular weight excluding hydrogens is 476 g/mol. The Labute approximate surface area is 214 Å². The van der Waals surface area contributed by atoms with Gasteiger partial charge in [0.1, 0.15) is 18.1 Å². The van der Waals surface area contributed by atoms with Crippen LogP contribution in [0.5, 0.6) is 11.5 Å². The zero-order valence-electron chi connectivity index (χ0n) is 20.0. The van der Waals surface area contributed by atoms with E-state index in [2.05, 4.69) is 5.32 Å². The van der Waals surface area contributed by atoms with Crippen molar-refractivity contribution < 1.29 is 23.9 Å². The zero-order valence-corrected chi connectivity index (χ0v) is 20.8. The second-order valence-electron chi connectivity index (χ2n) is 8.27. The SMILES string of the molecule is Cc1ccc(OCCN2C(=O)S/C(=C\c3ccc(OCC(=O)Nc4cccc(C)c4)cc3)C2=O)cc1. The average Bonchev–Trinajstić information content (AvgIpc) is 3.12. The average molecular weight is 503 g/mol. The fraction of sp³-hybridized carbons (Fsp3) is 0.179. The van der Waals surface area contributed by atoms with Gasteiger partial charge in [0.25, 0.3) is 17.1 Å². The van der Waals surface area contributed by atoms with Crippen molar-refractivity contribution in [1.82, 2.24) is 4.90 Å². The smallest absolute Gasteiger partial charge is 0.293 e. The molecule has 1 fully saturated rings. The van der Waals surface area contributed by atoms with Gasteiger partial charge in [-0.3, -0.25) is 19.3 Å². The Balaban J connectivity index is 1.27. The van der Waals surface area contributed by atoms with Crippen LogP contribution in [0.1, 0.15) is 16.7 Å². The lowest BCUT2D eigenvalue weighted by atomic mass is 10.2. The fourth-order valence-corrected chi connectivity index (χ4v) is 4.33. The minimum Gasteiger partial charge on any atom is -0.492 e. The number of hydrogen-bond donors (Lipinski definition) is 1. The highest BCUT2D eigenvalue weighted by molar-refractivity contribution is 8.18. The van der Waals surface area contributed by atoms with Gasteiger partial charge in [0.05, 0.1) is 11.4 Å². The zero-order chi connectivity index (χ0) is 25.5. The number of carbonyl (C=O) groups is 3. The van der Waals surface area contributed by atoms with E-state index in [-0.39, 0.29) is 36.8 Å². The number of anilines is 1. The number of nitrogens with one attached hydrogen (secondary N) is 1. The molecule has 3 aromatic carbocycles. The van der Waals surface area contributed by atoms with E-state index in [1.165, 1.54) is 4.90 Å². The van der Waals surface area contributed by atoms with Crippen LogP contribution in [-0.4, -0.2) is 41.7 Å². The molecule has 0 saturated carbocycles. The lowest BCUT2D eigenvalue weighted by molar-refractivity contribution is -0.123. The van der Waals surface area contributed by atoms with Gasteiger partial charge in [0.15, 0.2) is 6.61 Å². The summed E-state index contributed by atoms with van der Waals surface area (Å²) in [5.41, 5.74) is 3.64. The molecule has 0 atom stereocenters. The number of thioether (sulfide) groups is 1. The van der Waals surface area contributed by atoms with Gasteiger partial charge in [-0.05, 0) is 79.2 Å². The quantitative estimate of drug-likeness (QED) is 0.393. The summed E-state index contributed by atoms with van der Waals surface area (Å²) in [7, 11) is 0. The summed E-state index contributed by atoms with van der Waals surface area (Å²) in [5, 5.41) is 2.47. The third-order valence-corrected chi connectivity index (χ3v) is 6.24. The van der Waals surface area contributed by atoms with Crippen LogP contribution in [0.2, 0.25) is 0 Å². The van der Waals surface area contributed by atoms with Gasteiger partial charge < -0.3 is 14.8 Å². The molecule has 184 valence electrons. The molecule has 0 spiro atoms. The van der Waals surface area contributed by atoms with Crippen molar-refractivity contribution in [3.63, 3.8) is 0 Å². The maximum atomic E-state index is 12.7. The third-order valence-electron chi connectivity index (χ3n) is 5.33. The topological polar surface area (TPSA) is 84.9 Å². The van der Waals surface area contributed by atoms with Crippen molar-refractivity contribution in [3.8, 4) is 11.5 Å². The third kappa shape index (κ3) is 6.76. The molecule has 1 aliphatic heterocycles. The number of imide groups is 1. The second-order valence-corrected chi connectivity index (χ2v) is 9.26. The van der Waals surface area contributed by atoms with Crippen molar-refractivity contribution >= 4 is 40.6 Å². The summed E-state index contributed by atoms with van der Waals surface area (Å²) < 4.78 is 11.2. The first-order valence-corrected chi connectivity index (χ1v) is 12.2. The van der Waals surface area contributed by atoms with Gasteiger partial charge >= 0.3 is 0 Å². The Morgan fingerprint density at radius 3 is 2.33 bits per heavy atom. The van der Waals surface area contributed by atoms with E-state index in [9.17, 15) is 14.4 Å². The predicted octanol–water partition coefficient (Wildman–Crippen LogP) is 5.44. The molecule has 1 saturated heterocycles. The van der Waals surface area contributed by atoms with Crippen LogP contribution in [0, 0.1) is 13.8 Å². The van der Waals surface area contributed by atoms with E-state index in [1.54, 1.807) is 30.3 Å². The summed E-state index contributed by atoms with van der Waals surface area (Å²) in [6.07, 6.45) is 1.67. The highest BCUT2D eigenvalue weighted by atomic mass is 32.2. The summed E-state index contributed by atoms with van der Waals surface area (Å²) >= 11 is 0.904. The number of aryl methyl sites for hydroxylation is 2. The summed E-state index contributed by atoms with van der Waals surface area (Å²) in [6, 6.07) is 22.1. The van der Waals surface area contributed by atoms with Crippen LogP contribution in [0.4, 0.5) is 10.5 Å². The number of rotatable bonds is 9. The van der Waals surface area contributed by atoms with Gasteiger partial charge in [-0.25, -0.2) is 0 Å². The molecule has 36 heavy (non-hydrogen) atoms. The van der Waals surface area contributed by atoms with Crippen molar-refractivity contribution in [2.24, 2.45) is 0 Å². The Hall–Kier alpha value is -4.04. The fourth-order valence-electron chi connectivity index (χ4n) is 3.46. The van der Waals surface area contributed by atoms with Gasteiger partial charge in [0.2, 0.25) is 0 Å². The molecule has 1 heterocycles. The lowest BCUT2D eigenvalue weighted by Gasteiger charge is -2.13. The molecule has 3 amide bonds. The minimum atomic E-state index is -0.342. The van der Waals surface area contributed by atoms with E-state index in [0.717, 1.165) is 34.1 Å². The van der Waals surface area contributed by atoms with Crippen LogP contribution in [0.25, 0.3) is 6.08 Å².